The summed E-state index contributed by atoms with van der Waals surface area (Å²) < 4.78 is 23.3. The Kier molecular flexibility index (Phi) is 14.3. The van der Waals surface area contributed by atoms with Crippen molar-refractivity contribution >= 4 is 17.8 Å². The smallest absolute Gasteiger partial charge is 0.303 e. The van der Waals surface area contributed by atoms with Crippen molar-refractivity contribution in [2.24, 2.45) is 5.92 Å². The Hall–Kier alpha value is -2.53. The van der Waals surface area contributed by atoms with E-state index in [0.29, 0.717) is 12.8 Å². The van der Waals surface area contributed by atoms with Crippen LogP contribution in [0.1, 0.15) is 99.3 Å². The van der Waals surface area contributed by atoms with E-state index in [9.17, 15) is 19.5 Å². The van der Waals surface area contributed by atoms with Gasteiger partial charge in [0.05, 0.1) is 36.4 Å². The van der Waals surface area contributed by atoms with Crippen LogP contribution in [-0.4, -0.2) is 84.3 Å². The molecular weight excluding hydrogens is 576 g/mol. The molecule has 10 heteroatoms. The number of esters is 1. The molecule has 0 aromatic rings. The zero-order chi connectivity index (χ0) is 33.1. The predicted molar refractivity (Wildman–Crippen MR) is 172 cm³/mol. The van der Waals surface area contributed by atoms with Crippen LogP contribution in [0.4, 0.5) is 0 Å². The minimum Gasteiger partial charge on any atom is -0.459 e. The van der Waals surface area contributed by atoms with Crippen LogP contribution in [0.3, 0.4) is 0 Å². The number of aliphatic hydroxyl groups is 1. The maximum atomic E-state index is 12.8. The first kappa shape index (κ1) is 36.9. The number of rotatable bonds is 12. The molecule has 3 aliphatic rings. The van der Waals surface area contributed by atoms with E-state index in [1.54, 1.807) is 20.1 Å². The average Bonchev–Trinajstić information content (AvgIpc) is 2.98. The third-order valence-electron chi connectivity index (χ3n) is 9.40. The molecule has 1 aliphatic carbocycles. The van der Waals surface area contributed by atoms with Gasteiger partial charge in [-0.25, -0.2) is 0 Å². The minimum atomic E-state index is -0.876. The molecule has 1 unspecified atom stereocenters. The molecule has 9 atom stereocenters. The standard InChI is InChI=1S/C35H56N2O8/c1-22(13-16-30-23(2)19-29(25(4)44-30)37-32(39)18-15-24(3)43-26(5)38)14-17-31-34(41)35(6,42-7)21-28(45-31)20-33(40)36-27-11-9-8-10-12-27/h13-15,17-18,23-25,27-31,34,41H,8-12,16,19-21H2,1-7H3,(H,36,40)(H,37,39)/b17-14+,18-15-,22-13+/t23-,24-,25+,28+,29?,30-,31+,34+,35-/m0/s1. The van der Waals surface area contributed by atoms with E-state index < -0.39 is 29.9 Å². The van der Waals surface area contributed by atoms with Gasteiger partial charge in [-0.2, -0.15) is 0 Å². The van der Waals surface area contributed by atoms with Crippen LogP contribution in [0, 0.1) is 5.92 Å². The maximum absolute atomic E-state index is 12.8. The van der Waals surface area contributed by atoms with E-state index >= 15 is 0 Å². The lowest BCUT2D eigenvalue weighted by Gasteiger charge is -2.44. The SMILES string of the molecule is CO[C@@]1(C)C[C@@H](CC(=O)NC2CCCCC2)O[C@H](/C=C/C(C)=C/C[C@@H]2O[C@H](C)C(NC(=O)/C=C\[C@H](C)OC(C)=O)C[C@@H]2C)[C@H]1O. The highest BCUT2D eigenvalue weighted by atomic mass is 16.5. The summed E-state index contributed by atoms with van der Waals surface area (Å²) in [6.45, 7) is 11.0. The number of hydrogen-bond acceptors (Lipinski definition) is 8. The van der Waals surface area contributed by atoms with Crippen molar-refractivity contribution in [1.29, 1.82) is 0 Å². The summed E-state index contributed by atoms with van der Waals surface area (Å²) in [5.41, 5.74) is 0.179. The summed E-state index contributed by atoms with van der Waals surface area (Å²) in [7, 11) is 1.59. The van der Waals surface area contributed by atoms with Crippen molar-refractivity contribution in [3.8, 4) is 0 Å². The summed E-state index contributed by atoms with van der Waals surface area (Å²) in [4.78, 5) is 36.3. The monoisotopic (exact) mass is 632 g/mol. The van der Waals surface area contributed by atoms with Gasteiger partial charge in [-0.15, -0.1) is 0 Å². The van der Waals surface area contributed by atoms with E-state index in [1.165, 1.54) is 19.4 Å². The number of carbonyl (C=O) groups excluding carboxylic acids is 3. The predicted octanol–water partition coefficient (Wildman–Crippen LogP) is 4.45. The molecule has 0 aromatic carbocycles. The second-order valence-corrected chi connectivity index (χ2v) is 13.4. The lowest BCUT2D eigenvalue weighted by atomic mass is 9.84. The first-order valence-corrected chi connectivity index (χ1v) is 16.6. The van der Waals surface area contributed by atoms with E-state index in [1.807, 2.05) is 32.9 Å². The van der Waals surface area contributed by atoms with Gasteiger partial charge in [-0.1, -0.05) is 50.0 Å². The van der Waals surface area contributed by atoms with Gasteiger partial charge in [0.25, 0.3) is 0 Å². The Morgan fingerprint density at radius 1 is 1.07 bits per heavy atom. The summed E-state index contributed by atoms with van der Waals surface area (Å²) in [6.07, 6.45) is 14.1. The molecule has 0 aromatic heterocycles. The second kappa shape index (κ2) is 17.4. The maximum Gasteiger partial charge on any atom is 0.303 e. The molecule has 254 valence electrons. The van der Waals surface area contributed by atoms with Gasteiger partial charge in [0, 0.05) is 32.6 Å². The zero-order valence-electron chi connectivity index (χ0n) is 28.3. The van der Waals surface area contributed by atoms with Crippen molar-refractivity contribution in [3.05, 3.63) is 36.0 Å². The van der Waals surface area contributed by atoms with Crippen molar-refractivity contribution in [3.63, 3.8) is 0 Å². The topological polar surface area (TPSA) is 132 Å². The molecule has 2 heterocycles. The number of methoxy groups -OCH3 is 1. The lowest BCUT2D eigenvalue weighted by molar-refractivity contribution is -0.207. The fourth-order valence-electron chi connectivity index (χ4n) is 6.56. The van der Waals surface area contributed by atoms with Crippen molar-refractivity contribution in [2.75, 3.05) is 7.11 Å². The van der Waals surface area contributed by atoms with Crippen LogP contribution in [0.15, 0.2) is 36.0 Å². The molecule has 0 radical (unpaired) electrons. The highest BCUT2D eigenvalue weighted by molar-refractivity contribution is 5.87. The molecule has 3 fully saturated rings. The quantitative estimate of drug-likeness (QED) is 0.163. The largest absolute Gasteiger partial charge is 0.459 e. The highest BCUT2D eigenvalue weighted by Gasteiger charge is 2.46. The van der Waals surface area contributed by atoms with Crippen LogP contribution in [-0.2, 0) is 33.3 Å². The summed E-state index contributed by atoms with van der Waals surface area (Å²) >= 11 is 0. The van der Waals surface area contributed by atoms with E-state index in [-0.39, 0.29) is 54.5 Å². The Labute approximate surface area is 269 Å². The van der Waals surface area contributed by atoms with Crippen molar-refractivity contribution < 1.29 is 38.4 Å². The molecule has 2 aliphatic heterocycles. The molecule has 45 heavy (non-hydrogen) atoms. The Bertz CT molecular complexity index is 1080. The van der Waals surface area contributed by atoms with Gasteiger partial charge in [0.2, 0.25) is 11.8 Å². The number of nitrogens with one attached hydrogen (secondary N) is 2. The van der Waals surface area contributed by atoms with Crippen molar-refractivity contribution in [2.45, 2.75) is 154 Å². The van der Waals surface area contributed by atoms with Gasteiger partial charge in [0.15, 0.2) is 0 Å². The van der Waals surface area contributed by atoms with Crippen LogP contribution in [0.2, 0.25) is 0 Å². The normalized spacial score (nSPS) is 34.0. The molecule has 3 rings (SSSR count). The third-order valence-corrected chi connectivity index (χ3v) is 9.40. The van der Waals surface area contributed by atoms with Gasteiger partial charge >= 0.3 is 5.97 Å². The van der Waals surface area contributed by atoms with Crippen molar-refractivity contribution in [1.82, 2.24) is 10.6 Å². The molecule has 2 amide bonds. The summed E-state index contributed by atoms with van der Waals surface area (Å²) in [6, 6.07) is 0.118. The molecular formula is C35H56N2O8. The Morgan fingerprint density at radius 2 is 1.78 bits per heavy atom. The van der Waals surface area contributed by atoms with Crippen LogP contribution >= 0.6 is 0 Å². The lowest BCUT2D eigenvalue weighted by Crippen LogP contribution is -2.56. The van der Waals surface area contributed by atoms with Gasteiger partial charge in [-0.3, -0.25) is 14.4 Å². The second-order valence-electron chi connectivity index (χ2n) is 13.4. The van der Waals surface area contributed by atoms with Crippen LogP contribution < -0.4 is 10.6 Å². The van der Waals surface area contributed by atoms with Gasteiger partial charge < -0.3 is 34.7 Å². The van der Waals surface area contributed by atoms with E-state index in [0.717, 1.165) is 37.7 Å². The van der Waals surface area contributed by atoms with Crippen LogP contribution in [0.25, 0.3) is 0 Å². The molecule has 0 bridgehead atoms. The van der Waals surface area contributed by atoms with E-state index in [4.69, 9.17) is 18.9 Å². The average molecular weight is 633 g/mol. The number of hydrogen-bond donors (Lipinski definition) is 3. The van der Waals surface area contributed by atoms with Gasteiger partial charge in [-0.05, 0) is 65.4 Å². The molecule has 3 N–H and O–H groups in total. The molecule has 2 saturated heterocycles. The first-order valence-electron chi connectivity index (χ1n) is 16.6. The molecule has 0 spiro atoms. The molecule has 10 nitrogen and oxygen atoms in total. The summed E-state index contributed by atoms with van der Waals surface area (Å²) in [5, 5.41) is 17.3. The fraction of sp³-hybridized carbons (Fsp3) is 0.743. The highest BCUT2D eigenvalue weighted by Crippen LogP contribution is 2.34. The third kappa shape index (κ3) is 11.6. The van der Waals surface area contributed by atoms with Gasteiger partial charge in [0.1, 0.15) is 18.3 Å². The molecule has 1 saturated carbocycles. The Balaban J connectivity index is 1.52. The number of amides is 2. The minimum absolute atomic E-state index is 0.00334. The first-order chi connectivity index (χ1) is 21.3. The number of carbonyl (C=O) groups is 3. The van der Waals surface area contributed by atoms with Crippen LogP contribution in [0.5, 0.6) is 0 Å². The number of ether oxygens (including phenoxy) is 4. The van der Waals surface area contributed by atoms with E-state index in [2.05, 4.69) is 23.6 Å². The Morgan fingerprint density at radius 3 is 2.44 bits per heavy atom. The number of allylic oxidation sites excluding steroid dienone is 2. The zero-order valence-corrected chi connectivity index (χ0v) is 28.3. The fourth-order valence-corrected chi connectivity index (χ4v) is 6.56. The summed E-state index contributed by atoms with van der Waals surface area (Å²) in [5.74, 6) is -0.432. The number of aliphatic hydroxyl groups excluding tert-OH is 1.